The Bertz CT molecular complexity index is 372. The Kier molecular flexibility index (Phi) is 3.62. The number of aliphatic hydroxyl groups excluding tert-OH is 1. The fourth-order valence-corrected chi connectivity index (χ4v) is 2.36. The van der Waals surface area contributed by atoms with Gasteiger partial charge in [0.1, 0.15) is 5.78 Å². The Hall–Kier alpha value is -0.860. The summed E-state index contributed by atoms with van der Waals surface area (Å²) in [4.78, 5) is 11.7. The normalized spacial score (nSPS) is 23.1. The molecule has 16 heavy (non-hydrogen) atoms. The zero-order valence-electron chi connectivity index (χ0n) is 9.03. The maximum Gasteiger partial charge on any atom is 0.138 e. The van der Waals surface area contributed by atoms with Crippen LogP contribution in [0.3, 0.4) is 0 Å². The Labute approximate surface area is 100 Å². The molecule has 1 aromatic carbocycles. The zero-order chi connectivity index (χ0) is 11.5. The van der Waals surface area contributed by atoms with Gasteiger partial charge in [0.15, 0.2) is 0 Å². The molecular formula is C13H15ClO2. The molecule has 1 aromatic rings. The van der Waals surface area contributed by atoms with Crippen LogP contribution < -0.4 is 0 Å². The average Bonchev–Trinajstić information content (AvgIpc) is 2.30. The second-order valence-electron chi connectivity index (χ2n) is 4.31. The van der Waals surface area contributed by atoms with Gasteiger partial charge in [0.05, 0.1) is 6.10 Å². The highest BCUT2D eigenvalue weighted by Crippen LogP contribution is 2.32. The SMILES string of the molecule is O=C1CCCC[C@H]1[C@H](O)c1ccc(Cl)cc1. The lowest BCUT2D eigenvalue weighted by molar-refractivity contribution is -0.128. The van der Waals surface area contributed by atoms with E-state index >= 15 is 0 Å². The van der Waals surface area contributed by atoms with Gasteiger partial charge in [-0.15, -0.1) is 0 Å². The van der Waals surface area contributed by atoms with E-state index in [1.807, 2.05) is 0 Å². The number of ketones is 1. The highest BCUT2D eigenvalue weighted by atomic mass is 35.5. The first kappa shape index (κ1) is 11.6. The van der Waals surface area contributed by atoms with Gasteiger partial charge in [-0.05, 0) is 30.5 Å². The van der Waals surface area contributed by atoms with E-state index in [2.05, 4.69) is 0 Å². The number of carbonyl (C=O) groups is 1. The first-order valence-corrected chi connectivity index (χ1v) is 6.02. The minimum absolute atomic E-state index is 0.189. The van der Waals surface area contributed by atoms with Crippen LogP contribution in [0, 0.1) is 5.92 Å². The van der Waals surface area contributed by atoms with Gasteiger partial charge in [-0.25, -0.2) is 0 Å². The van der Waals surface area contributed by atoms with E-state index in [-0.39, 0.29) is 11.7 Å². The van der Waals surface area contributed by atoms with Crippen molar-refractivity contribution in [1.29, 1.82) is 0 Å². The van der Waals surface area contributed by atoms with Crippen LogP contribution >= 0.6 is 11.6 Å². The van der Waals surface area contributed by atoms with Crippen molar-refractivity contribution >= 4 is 17.4 Å². The fraction of sp³-hybridized carbons (Fsp3) is 0.462. The van der Waals surface area contributed by atoms with Crippen LogP contribution in [-0.4, -0.2) is 10.9 Å². The van der Waals surface area contributed by atoms with Gasteiger partial charge in [-0.1, -0.05) is 30.2 Å². The van der Waals surface area contributed by atoms with E-state index in [1.165, 1.54) is 0 Å². The second-order valence-corrected chi connectivity index (χ2v) is 4.75. The van der Waals surface area contributed by atoms with E-state index in [1.54, 1.807) is 24.3 Å². The Morgan fingerprint density at radius 3 is 2.56 bits per heavy atom. The molecule has 1 saturated carbocycles. The quantitative estimate of drug-likeness (QED) is 0.860. The first-order chi connectivity index (χ1) is 7.68. The van der Waals surface area contributed by atoms with E-state index in [9.17, 15) is 9.90 Å². The molecule has 1 aliphatic carbocycles. The lowest BCUT2D eigenvalue weighted by Crippen LogP contribution is -2.25. The molecule has 86 valence electrons. The maximum absolute atomic E-state index is 11.7. The third-order valence-electron chi connectivity index (χ3n) is 3.19. The molecular weight excluding hydrogens is 224 g/mol. The van der Waals surface area contributed by atoms with Crippen molar-refractivity contribution in [2.75, 3.05) is 0 Å². The third-order valence-corrected chi connectivity index (χ3v) is 3.45. The van der Waals surface area contributed by atoms with E-state index < -0.39 is 6.10 Å². The molecule has 0 bridgehead atoms. The van der Waals surface area contributed by atoms with Gasteiger partial charge < -0.3 is 5.11 Å². The minimum atomic E-state index is -0.676. The number of carbonyl (C=O) groups excluding carboxylic acids is 1. The molecule has 1 aliphatic rings. The molecule has 0 radical (unpaired) electrons. The van der Waals surface area contributed by atoms with Gasteiger partial charge in [0.2, 0.25) is 0 Å². The molecule has 2 atom stereocenters. The molecule has 2 nitrogen and oxygen atoms in total. The Morgan fingerprint density at radius 2 is 1.94 bits per heavy atom. The van der Waals surface area contributed by atoms with Crippen LogP contribution in [0.4, 0.5) is 0 Å². The van der Waals surface area contributed by atoms with Gasteiger partial charge in [-0.2, -0.15) is 0 Å². The van der Waals surface area contributed by atoms with Crippen molar-refractivity contribution in [3.63, 3.8) is 0 Å². The fourth-order valence-electron chi connectivity index (χ4n) is 2.24. The van der Waals surface area contributed by atoms with Crippen LogP contribution in [0.5, 0.6) is 0 Å². The number of Topliss-reactive ketones (excluding diaryl/α,β-unsaturated/α-hetero) is 1. The van der Waals surface area contributed by atoms with E-state index in [4.69, 9.17) is 11.6 Å². The van der Waals surface area contributed by atoms with Gasteiger partial charge in [-0.3, -0.25) is 4.79 Å². The summed E-state index contributed by atoms with van der Waals surface area (Å²) in [6.07, 6.45) is 2.71. The van der Waals surface area contributed by atoms with Gasteiger partial charge in [0.25, 0.3) is 0 Å². The molecule has 0 spiro atoms. The van der Waals surface area contributed by atoms with Crippen LogP contribution in [0.2, 0.25) is 5.02 Å². The predicted octanol–water partition coefficient (Wildman–Crippen LogP) is 3.13. The average molecular weight is 239 g/mol. The summed E-state index contributed by atoms with van der Waals surface area (Å²) >= 11 is 5.78. The largest absolute Gasteiger partial charge is 0.388 e. The highest BCUT2D eigenvalue weighted by Gasteiger charge is 2.29. The lowest BCUT2D eigenvalue weighted by Gasteiger charge is -2.25. The number of aliphatic hydroxyl groups is 1. The topological polar surface area (TPSA) is 37.3 Å². The first-order valence-electron chi connectivity index (χ1n) is 5.65. The van der Waals surface area contributed by atoms with Gasteiger partial charge in [0, 0.05) is 17.4 Å². The number of halogens is 1. The summed E-state index contributed by atoms with van der Waals surface area (Å²) in [6.45, 7) is 0. The van der Waals surface area contributed by atoms with Crippen molar-refractivity contribution in [3.8, 4) is 0 Å². The summed E-state index contributed by atoms with van der Waals surface area (Å²) in [5.74, 6) is -0.0383. The standard InChI is InChI=1S/C13H15ClO2/c14-10-7-5-9(6-8-10)13(16)11-3-1-2-4-12(11)15/h5-8,11,13,16H,1-4H2/t11-,13-/m1/s1. The van der Waals surface area contributed by atoms with Crippen molar-refractivity contribution in [2.45, 2.75) is 31.8 Å². The maximum atomic E-state index is 11.7. The molecule has 0 heterocycles. The second kappa shape index (κ2) is 4.98. The molecule has 0 aliphatic heterocycles. The monoisotopic (exact) mass is 238 g/mol. The number of hydrogen-bond acceptors (Lipinski definition) is 2. The summed E-state index contributed by atoms with van der Waals surface area (Å²) in [5, 5.41) is 10.8. The summed E-state index contributed by atoms with van der Waals surface area (Å²) in [6, 6.07) is 7.06. The van der Waals surface area contributed by atoms with Crippen LogP contribution in [0.25, 0.3) is 0 Å². The molecule has 2 rings (SSSR count). The molecule has 1 N–H and O–H groups in total. The molecule has 3 heteroatoms. The zero-order valence-corrected chi connectivity index (χ0v) is 9.78. The highest BCUT2D eigenvalue weighted by molar-refractivity contribution is 6.30. The summed E-state index contributed by atoms with van der Waals surface area (Å²) < 4.78 is 0. The van der Waals surface area contributed by atoms with Gasteiger partial charge >= 0.3 is 0 Å². The molecule has 0 saturated heterocycles. The predicted molar refractivity (Wildman–Crippen MR) is 63.4 cm³/mol. The molecule has 0 aromatic heterocycles. The number of hydrogen-bond donors (Lipinski definition) is 1. The van der Waals surface area contributed by atoms with Crippen molar-refractivity contribution < 1.29 is 9.90 Å². The number of benzene rings is 1. The summed E-state index contributed by atoms with van der Waals surface area (Å²) in [7, 11) is 0. The smallest absolute Gasteiger partial charge is 0.138 e. The third kappa shape index (κ3) is 2.45. The molecule has 0 unspecified atom stereocenters. The van der Waals surface area contributed by atoms with Crippen LogP contribution in [0.15, 0.2) is 24.3 Å². The van der Waals surface area contributed by atoms with Crippen molar-refractivity contribution in [3.05, 3.63) is 34.9 Å². The van der Waals surface area contributed by atoms with Crippen LogP contribution in [-0.2, 0) is 4.79 Å². The lowest BCUT2D eigenvalue weighted by atomic mass is 9.82. The van der Waals surface area contributed by atoms with Crippen molar-refractivity contribution in [2.24, 2.45) is 5.92 Å². The van der Waals surface area contributed by atoms with E-state index in [0.29, 0.717) is 11.4 Å². The van der Waals surface area contributed by atoms with E-state index in [0.717, 1.165) is 24.8 Å². The van der Waals surface area contributed by atoms with Crippen LogP contribution in [0.1, 0.15) is 37.4 Å². The Balaban J connectivity index is 2.14. The molecule has 1 fully saturated rings. The minimum Gasteiger partial charge on any atom is -0.388 e. The molecule has 0 amide bonds. The summed E-state index contributed by atoms with van der Waals surface area (Å²) in [5.41, 5.74) is 0.782. The number of rotatable bonds is 2. The Morgan fingerprint density at radius 1 is 1.25 bits per heavy atom. The van der Waals surface area contributed by atoms with Crippen molar-refractivity contribution in [1.82, 2.24) is 0 Å².